The van der Waals surface area contributed by atoms with Gasteiger partial charge in [-0.1, -0.05) is 13.0 Å². The molecule has 0 radical (unpaired) electrons. The molecule has 0 spiro atoms. The lowest BCUT2D eigenvalue weighted by atomic mass is 10.1. The zero-order chi connectivity index (χ0) is 14.7. The monoisotopic (exact) mass is 304 g/mol. The summed E-state index contributed by atoms with van der Waals surface area (Å²) in [4.78, 5) is 5.77. The molecule has 1 aliphatic rings. The molecule has 2 heterocycles. The third-order valence-electron chi connectivity index (χ3n) is 3.58. The van der Waals surface area contributed by atoms with Gasteiger partial charge in [-0.3, -0.25) is 0 Å². The summed E-state index contributed by atoms with van der Waals surface area (Å²) in [5.41, 5.74) is 1.20. The minimum Gasteiger partial charge on any atom is -0.486 e. The number of rotatable bonds is 5. The Labute approximate surface area is 129 Å². The summed E-state index contributed by atoms with van der Waals surface area (Å²) in [6, 6.07) is 6.38. The largest absolute Gasteiger partial charge is 0.486 e. The lowest BCUT2D eigenvalue weighted by molar-refractivity contribution is 0.171. The number of aromatic nitrogens is 1. The fourth-order valence-electron chi connectivity index (χ4n) is 2.28. The van der Waals surface area contributed by atoms with Crippen LogP contribution in [0.4, 0.5) is 0 Å². The van der Waals surface area contributed by atoms with Crippen LogP contribution in [0.1, 0.15) is 35.3 Å². The number of ether oxygens (including phenoxy) is 2. The van der Waals surface area contributed by atoms with Gasteiger partial charge in [0.2, 0.25) is 0 Å². The maximum Gasteiger partial charge on any atom is 0.161 e. The molecule has 1 N–H and O–H groups in total. The molecule has 1 aromatic heterocycles. The first-order valence-electron chi connectivity index (χ1n) is 7.32. The molecule has 1 atom stereocenters. The van der Waals surface area contributed by atoms with Gasteiger partial charge in [-0.05, 0) is 31.0 Å². The van der Waals surface area contributed by atoms with Gasteiger partial charge in [0.25, 0.3) is 0 Å². The predicted molar refractivity (Wildman–Crippen MR) is 84.2 cm³/mol. The molecule has 1 aliphatic heterocycles. The van der Waals surface area contributed by atoms with Crippen LogP contribution in [-0.4, -0.2) is 18.2 Å². The van der Waals surface area contributed by atoms with E-state index >= 15 is 0 Å². The van der Waals surface area contributed by atoms with Crippen LogP contribution in [0.3, 0.4) is 0 Å². The van der Waals surface area contributed by atoms with Gasteiger partial charge >= 0.3 is 0 Å². The molecule has 0 amide bonds. The molecule has 0 aliphatic carbocycles. The van der Waals surface area contributed by atoms with Gasteiger partial charge in [-0.15, -0.1) is 11.3 Å². The summed E-state index contributed by atoms with van der Waals surface area (Å²) in [6.07, 6.45) is 3.02. The zero-order valence-electron chi connectivity index (χ0n) is 12.4. The Kier molecular flexibility index (Phi) is 4.41. The SMILES string of the molecule is CCc1cnc(CNC(C)c2ccc3c(c2)OCCO3)s1. The summed E-state index contributed by atoms with van der Waals surface area (Å²) in [5.74, 6) is 1.68. The first-order valence-corrected chi connectivity index (χ1v) is 8.14. The number of benzene rings is 1. The normalized spacial score (nSPS) is 15.0. The average Bonchev–Trinajstić information content (AvgIpc) is 3.00. The van der Waals surface area contributed by atoms with Crippen molar-refractivity contribution in [3.63, 3.8) is 0 Å². The Balaban J connectivity index is 1.63. The highest BCUT2D eigenvalue weighted by Crippen LogP contribution is 2.32. The number of hydrogen-bond acceptors (Lipinski definition) is 5. The molecular weight excluding hydrogens is 284 g/mol. The lowest BCUT2D eigenvalue weighted by Crippen LogP contribution is -2.19. The van der Waals surface area contributed by atoms with Crippen molar-refractivity contribution < 1.29 is 9.47 Å². The Morgan fingerprint density at radius 1 is 1.29 bits per heavy atom. The van der Waals surface area contributed by atoms with Gasteiger partial charge < -0.3 is 14.8 Å². The smallest absolute Gasteiger partial charge is 0.161 e. The van der Waals surface area contributed by atoms with Crippen molar-refractivity contribution in [3.8, 4) is 11.5 Å². The molecular formula is C16H20N2O2S. The van der Waals surface area contributed by atoms with Gasteiger partial charge in [0.05, 0.1) is 0 Å². The molecule has 5 heteroatoms. The average molecular weight is 304 g/mol. The van der Waals surface area contributed by atoms with Crippen molar-refractivity contribution in [1.82, 2.24) is 10.3 Å². The number of fused-ring (bicyclic) bond motifs is 1. The predicted octanol–water partition coefficient (Wildman–Crippen LogP) is 3.33. The van der Waals surface area contributed by atoms with E-state index in [2.05, 4.69) is 36.3 Å². The number of thiazole rings is 1. The number of nitrogens with zero attached hydrogens (tertiary/aromatic N) is 1. The van der Waals surface area contributed by atoms with E-state index in [0.29, 0.717) is 13.2 Å². The van der Waals surface area contributed by atoms with E-state index in [0.717, 1.165) is 29.5 Å². The van der Waals surface area contributed by atoms with Crippen molar-refractivity contribution in [2.45, 2.75) is 32.9 Å². The van der Waals surface area contributed by atoms with Crippen molar-refractivity contribution in [2.75, 3.05) is 13.2 Å². The Morgan fingerprint density at radius 3 is 2.86 bits per heavy atom. The van der Waals surface area contributed by atoms with Crippen molar-refractivity contribution in [1.29, 1.82) is 0 Å². The second-order valence-corrected chi connectivity index (χ2v) is 6.28. The van der Waals surface area contributed by atoms with E-state index in [1.54, 1.807) is 11.3 Å². The summed E-state index contributed by atoms with van der Waals surface area (Å²) in [6.45, 7) is 6.35. The van der Waals surface area contributed by atoms with E-state index in [9.17, 15) is 0 Å². The van der Waals surface area contributed by atoms with E-state index in [4.69, 9.17) is 9.47 Å². The van der Waals surface area contributed by atoms with Gasteiger partial charge in [0.15, 0.2) is 11.5 Å². The molecule has 0 fully saturated rings. The molecule has 0 saturated carbocycles. The Bertz CT molecular complexity index is 612. The van der Waals surface area contributed by atoms with Crippen molar-refractivity contribution >= 4 is 11.3 Å². The summed E-state index contributed by atoms with van der Waals surface area (Å²) < 4.78 is 11.2. The van der Waals surface area contributed by atoms with Gasteiger partial charge in [0.1, 0.15) is 18.2 Å². The maximum absolute atomic E-state index is 5.63. The maximum atomic E-state index is 5.63. The van der Waals surface area contributed by atoms with E-state index < -0.39 is 0 Å². The lowest BCUT2D eigenvalue weighted by Gasteiger charge is -2.21. The Morgan fingerprint density at radius 2 is 2.10 bits per heavy atom. The van der Waals surface area contributed by atoms with Crippen LogP contribution in [0.15, 0.2) is 24.4 Å². The minimum atomic E-state index is 0.245. The third kappa shape index (κ3) is 3.36. The van der Waals surface area contributed by atoms with Crippen LogP contribution in [-0.2, 0) is 13.0 Å². The number of aryl methyl sites for hydroxylation is 1. The quantitative estimate of drug-likeness (QED) is 0.920. The molecule has 21 heavy (non-hydrogen) atoms. The van der Waals surface area contributed by atoms with E-state index in [1.165, 1.54) is 10.4 Å². The van der Waals surface area contributed by atoms with Crippen LogP contribution in [0.5, 0.6) is 11.5 Å². The number of hydrogen-bond donors (Lipinski definition) is 1. The number of nitrogens with one attached hydrogen (secondary N) is 1. The van der Waals surface area contributed by atoms with Crippen molar-refractivity contribution in [2.24, 2.45) is 0 Å². The zero-order valence-corrected chi connectivity index (χ0v) is 13.2. The first kappa shape index (κ1) is 14.4. The van der Waals surface area contributed by atoms with Gasteiger partial charge in [-0.2, -0.15) is 0 Å². The second kappa shape index (κ2) is 6.45. The fraction of sp³-hybridized carbons (Fsp3) is 0.438. The fourth-order valence-corrected chi connectivity index (χ4v) is 3.09. The standard InChI is InChI=1S/C16H20N2O2S/c1-3-13-9-18-16(21-13)10-17-11(2)12-4-5-14-15(8-12)20-7-6-19-14/h4-5,8-9,11,17H,3,6-7,10H2,1-2H3. The van der Waals surface area contributed by atoms with Gasteiger partial charge in [-0.25, -0.2) is 4.98 Å². The first-order chi connectivity index (χ1) is 10.3. The highest BCUT2D eigenvalue weighted by Gasteiger charge is 2.14. The van der Waals surface area contributed by atoms with Crippen LogP contribution >= 0.6 is 11.3 Å². The second-order valence-electron chi connectivity index (χ2n) is 5.08. The highest BCUT2D eigenvalue weighted by molar-refractivity contribution is 7.11. The minimum absolute atomic E-state index is 0.245. The van der Waals surface area contributed by atoms with Crippen LogP contribution < -0.4 is 14.8 Å². The summed E-state index contributed by atoms with van der Waals surface area (Å²) in [7, 11) is 0. The molecule has 4 nitrogen and oxygen atoms in total. The van der Waals surface area contributed by atoms with Gasteiger partial charge in [0, 0.05) is 23.7 Å². The summed E-state index contributed by atoms with van der Waals surface area (Å²) >= 11 is 1.77. The highest BCUT2D eigenvalue weighted by atomic mass is 32.1. The van der Waals surface area contributed by atoms with Crippen LogP contribution in [0.25, 0.3) is 0 Å². The molecule has 0 saturated heterocycles. The summed E-state index contributed by atoms with van der Waals surface area (Å²) in [5, 5.41) is 4.65. The molecule has 0 bridgehead atoms. The third-order valence-corrected chi connectivity index (χ3v) is 4.72. The molecule has 2 aromatic rings. The molecule has 3 rings (SSSR count). The topological polar surface area (TPSA) is 43.4 Å². The molecule has 112 valence electrons. The van der Waals surface area contributed by atoms with Crippen LogP contribution in [0.2, 0.25) is 0 Å². The molecule has 1 unspecified atom stereocenters. The van der Waals surface area contributed by atoms with E-state index in [-0.39, 0.29) is 6.04 Å². The van der Waals surface area contributed by atoms with Crippen LogP contribution in [0, 0.1) is 0 Å². The van der Waals surface area contributed by atoms with E-state index in [1.807, 2.05) is 12.3 Å². The molecule has 1 aromatic carbocycles. The van der Waals surface area contributed by atoms with Crippen molar-refractivity contribution in [3.05, 3.63) is 39.8 Å². The Hall–Kier alpha value is -1.59.